The maximum Gasteiger partial charge on any atom is 0.416 e. The minimum atomic E-state index is -4.46. The molecule has 0 bridgehead atoms. The summed E-state index contributed by atoms with van der Waals surface area (Å²) in [7, 11) is 0. The Hall–Kier alpha value is -3.07. The minimum absolute atomic E-state index is 0.0550. The lowest BCUT2D eigenvalue weighted by atomic mass is 9.81. The quantitative estimate of drug-likeness (QED) is 0.194. The van der Waals surface area contributed by atoms with Crippen molar-refractivity contribution in [3.63, 3.8) is 0 Å². The summed E-state index contributed by atoms with van der Waals surface area (Å²) >= 11 is 0. The van der Waals surface area contributed by atoms with Crippen molar-refractivity contribution in [2.24, 2.45) is 17.6 Å². The van der Waals surface area contributed by atoms with Crippen LogP contribution in [-0.2, 0) is 28.8 Å². The molecule has 232 valence electrons. The minimum Gasteiger partial charge on any atom is -0.489 e. The average molecular weight is 590 g/mol. The molecule has 2 amide bonds. The van der Waals surface area contributed by atoms with E-state index in [1.54, 1.807) is 30.3 Å². The van der Waals surface area contributed by atoms with Gasteiger partial charge < -0.3 is 21.1 Å². The Morgan fingerprint density at radius 1 is 0.952 bits per heavy atom. The molecule has 0 aliphatic heterocycles. The molecule has 2 aromatic rings. The van der Waals surface area contributed by atoms with Crippen molar-refractivity contribution in [2.75, 3.05) is 13.1 Å². The van der Waals surface area contributed by atoms with Crippen molar-refractivity contribution in [3.05, 3.63) is 65.2 Å². The molecule has 2 aromatic carbocycles. The van der Waals surface area contributed by atoms with Crippen molar-refractivity contribution < 1.29 is 27.5 Å². The van der Waals surface area contributed by atoms with Crippen LogP contribution in [-0.4, -0.2) is 30.9 Å². The van der Waals surface area contributed by atoms with E-state index in [0.29, 0.717) is 31.2 Å². The smallest absolute Gasteiger partial charge is 0.416 e. The van der Waals surface area contributed by atoms with Crippen molar-refractivity contribution in [3.8, 4) is 5.75 Å². The summed E-state index contributed by atoms with van der Waals surface area (Å²) in [6.45, 7) is 3.15. The Kier molecular flexibility index (Phi) is 13.6. The monoisotopic (exact) mass is 589 g/mol. The molecule has 6 nitrogen and oxygen atoms in total. The maximum absolute atomic E-state index is 13.3. The molecule has 0 aromatic heterocycles. The van der Waals surface area contributed by atoms with Gasteiger partial charge in [0.05, 0.1) is 5.56 Å². The summed E-state index contributed by atoms with van der Waals surface area (Å²) in [6.07, 6.45) is 5.90. The van der Waals surface area contributed by atoms with E-state index < -0.39 is 17.8 Å². The largest absolute Gasteiger partial charge is 0.489 e. The Morgan fingerprint density at radius 2 is 1.62 bits per heavy atom. The van der Waals surface area contributed by atoms with Gasteiger partial charge in [-0.15, -0.1) is 0 Å². The molecule has 0 unspecified atom stereocenters. The lowest BCUT2D eigenvalue weighted by molar-refractivity contribution is -0.138. The van der Waals surface area contributed by atoms with Crippen LogP contribution in [0, 0.1) is 11.8 Å². The Morgan fingerprint density at radius 3 is 2.29 bits per heavy atom. The van der Waals surface area contributed by atoms with Crippen LogP contribution < -0.4 is 21.1 Å². The number of unbranched alkanes of at least 4 members (excludes halogenated alkanes) is 5. The number of amides is 2. The first-order valence-corrected chi connectivity index (χ1v) is 15.4. The van der Waals surface area contributed by atoms with Crippen molar-refractivity contribution in [2.45, 2.75) is 96.4 Å². The summed E-state index contributed by atoms with van der Waals surface area (Å²) in [5.74, 6) is 0.427. The number of hydrogen-bond acceptors (Lipinski definition) is 4. The van der Waals surface area contributed by atoms with Gasteiger partial charge in [0.1, 0.15) is 18.4 Å². The highest BCUT2D eigenvalue weighted by molar-refractivity contribution is 5.88. The van der Waals surface area contributed by atoms with Crippen LogP contribution in [0.4, 0.5) is 13.2 Å². The standard InChI is InChI=1S/C33H46F3N3O3/c1-2-3-4-5-6-9-20-38-32(41)30(39-31(40)26-16-12-25(22-37)13-17-26)21-24-14-18-28(19-15-24)42-23-27-10-7-8-11-29(27)33(34,35)36/h7-8,10-11,14-15,18-19,25-26,30H,2-6,9,12-13,16-17,20-23,37H2,1H3,(H,38,41)(H,39,40)/t25?,26?,30-/m0/s1. The van der Waals surface area contributed by atoms with Gasteiger partial charge in [0.15, 0.2) is 0 Å². The fourth-order valence-corrected chi connectivity index (χ4v) is 5.44. The fraction of sp³-hybridized carbons (Fsp3) is 0.576. The number of alkyl halides is 3. The third kappa shape index (κ3) is 11.0. The van der Waals surface area contributed by atoms with E-state index >= 15 is 0 Å². The van der Waals surface area contributed by atoms with Gasteiger partial charge in [-0.3, -0.25) is 9.59 Å². The summed E-state index contributed by atoms with van der Waals surface area (Å²) in [6, 6.07) is 11.5. The first kappa shape index (κ1) is 33.4. The summed E-state index contributed by atoms with van der Waals surface area (Å²) in [4.78, 5) is 26.3. The Labute approximate surface area is 248 Å². The lowest BCUT2D eigenvalue weighted by Gasteiger charge is -2.28. The molecule has 0 saturated heterocycles. The second-order valence-corrected chi connectivity index (χ2v) is 11.4. The van der Waals surface area contributed by atoms with Crippen LogP contribution in [0.1, 0.15) is 87.8 Å². The molecule has 0 heterocycles. The number of carbonyl (C=O) groups is 2. The highest BCUT2D eigenvalue weighted by Gasteiger charge is 2.33. The molecule has 0 radical (unpaired) electrons. The van der Waals surface area contributed by atoms with Crippen LogP contribution in [0.2, 0.25) is 0 Å². The van der Waals surface area contributed by atoms with E-state index in [2.05, 4.69) is 17.6 Å². The number of halogens is 3. The number of nitrogens with two attached hydrogens (primary N) is 1. The van der Waals surface area contributed by atoms with Crippen LogP contribution in [0.5, 0.6) is 5.75 Å². The first-order valence-electron chi connectivity index (χ1n) is 15.4. The van der Waals surface area contributed by atoms with Gasteiger partial charge >= 0.3 is 6.18 Å². The highest BCUT2D eigenvalue weighted by Crippen LogP contribution is 2.32. The predicted octanol–water partition coefficient (Wildman–Crippen LogP) is 6.55. The number of hydrogen-bond donors (Lipinski definition) is 3. The van der Waals surface area contributed by atoms with Crippen molar-refractivity contribution >= 4 is 11.8 Å². The van der Waals surface area contributed by atoms with E-state index in [1.807, 2.05) is 0 Å². The van der Waals surface area contributed by atoms with Crippen LogP contribution in [0.3, 0.4) is 0 Å². The molecule has 1 saturated carbocycles. The summed E-state index contributed by atoms with van der Waals surface area (Å²) in [5, 5.41) is 6.00. The third-order valence-electron chi connectivity index (χ3n) is 8.09. The van der Waals surface area contributed by atoms with Crippen LogP contribution >= 0.6 is 0 Å². The summed E-state index contributed by atoms with van der Waals surface area (Å²) < 4.78 is 45.5. The van der Waals surface area contributed by atoms with Gasteiger partial charge in [-0.05, 0) is 68.3 Å². The van der Waals surface area contributed by atoms with E-state index in [-0.39, 0.29) is 29.9 Å². The zero-order valence-electron chi connectivity index (χ0n) is 24.7. The molecule has 3 rings (SSSR count). The van der Waals surface area contributed by atoms with Crippen LogP contribution in [0.25, 0.3) is 0 Å². The normalized spacial score (nSPS) is 17.8. The van der Waals surface area contributed by atoms with Crippen molar-refractivity contribution in [1.82, 2.24) is 10.6 Å². The third-order valence-corrected chi connectivity index (χ3v) is 8.09. The molecule has 1 atom stereocenters. The SMILES string of the molecule is CCCCCCCCNC(=O)[C@H](Cc1ccc(OCc2ccccc2C(F)(F)F)cc1)NC(=O)C1CCC(CN)CC1. The molecule has 0 spiro atoms. The zero-order chi connectivity index (χ0) is 30.4. The van der Waals surface area contributed by atoms with Gasteiger partial charge in [-0.2, -0.15) is 13.2 Å². The lowest BCUT2D eigenvalue weighted by Crippen LogP contribution is -2.50. The fourth-order valence-electron chi connectivity index (χ4n) is 5.44. The first-order chi connectivity index (χ1) is 20.2. The van der Waals surface area contributed by atoms with E-state index in [0.717, 1.165) is 56.6 Å². The molecule has 1 aliphatic rings. The molecular weight excluding hydrogens is 543 g/mol. The number of rotatable bonds is 16. The highest BCUT2D eigenvalue weighted by atomic mass is 19.4. The predicted molar refractivity (Wildman–Crippen MR) is 159 cm³/mol. The van der Waals surface area contributed by atoms with E-state index in [9.17, 15) is 22.8 Å². The van der Waals surface area contributed by atoms with Crippen LogP contribution in [0.15, 0.2) is 48.5 Å². The topological polar surface area (TPSA) is 93.5 Å². The van der Waals surface area contributed by atoms with E-state index in [1.165, 1.54) is 31.4 Å². The number of ether oxygens (including phenoxy) is 1. The van der Waals surface area contributed by atoms with Gasteiger partial charge in [0.2, 0.25) is 11.8 Å². The second-order valence-electron chi connectivity index (χ2n) is 11.4. The average Bonchev–Trinajstić information content (AvgIpc) is 2.99. The van der Waals surface area contributed by atoms with E-state index in [4.69, 9.17) is 10.5 Å². The molecule has 4 N–H and O–H groups in total. The van der Waals surface area contributed by atoms with Gasteiger partial charge in [0, 0.05) is 24.4 Å². The Balaban J connectivity index is 1.59. The number of carbonyl (C=O) groups excluding carboxylic acids is 2. The molecular formula is C33H46F3N3O3. The molecule has 1 fully saturated rings. The molecule has 1 aliphatic carbocycles. The number of nitrogens with one attached hydrogen (secondary N) is 2. The molecule has 9 heteroatoms. The van der Waals surface area contributed by atoms with Gasteiger partial charge in [0.25, 0.3) is 0 Å². The van der Waals surface area contributed by atoms with Gasteiger partial charge in [-0.25, -0.2) is 0 Å². The number of benzene rings is 2. The Bertz CT molecular complexity index is 1100. The van der Waals surface area contributed by atoms with Gasteiger partial charge in [-0.1, -0.05) is 69.4 Å². The molecule has 42 heavy (non-hydrogen) atoms. The maximum atomic E-state index is 13.3. The summed E-state index contributed by atoms with van der Waals surface area (Å²) in [5.41, 5.74) is 5.94. The van der Waals surface area contributed by atoms with Crippen molar-refractivity contribution in [1.29, 1.82) is 0 Å². The zero-order valence-corrected chi connectivity index (χ0v) is 24.7. The second kappa shape index (κ2) is 17.1.